The maximum absolute atomic E-state index is 11.6. The number of anilines is 1. The van der Waals surface area contributed by atoms with Crippen molar-refractivity contribution in [2.75, 3.05) is 11.9 Å². The van der Waals surface area contributed by atoms with Crippen molar-refractivity contribution in [2.45, 2.75) is 27.2 Å². The van der Waals surface area contributed by atoms with Gasteiger partial charge in [-0.1, -0.05) is 24.6 Å². The highest BCUT2D eigenvalue weighted by atomic mass is 16.5. The predicted molar refractivity (Wildman–Crippen MR) is 74.3 cm³/mol. The van der Waals surface area contributed by atoms with Gasteiger partial charge in [-0.15, -0.1) is 0 Å². The van der Waals surface area contributed by atoms with Crippen molar-refractivity contribution in [3.8, 4) is 0 Å². The Hall–Kier alpha value is -2.37. The molecule has 20 heavy (non-hydrogen) atoms. The van der Waals surface area contributed by atoms with Gasteiger partial charge in [0.05, 0.1) is 0 Å². The van der Waals surface area contributed by atoms with E-state index in [0.29, 0.717) is 5.69 Å². The minimum Gasteiger partial charge on any atom is -0.456 e. The summed E-state index contributed by atoms with van der Waals surface area (Å²) in [5.41, 5.74) is 2.59. The van der Waals surface area contributed by atoms with Gasteiger partial charge in [0.1, 0.15) is 0 Å². The molecule has 0 radical (unpaired) electrons. The van der Waals surface area contributed by atoms with Crippen LogP contribution in [0.1, 0.15) is 24.5 Å². The van der Waals surface area contributed by atoms with Crippen molar-refractivity contribution in [3.63, 3.8) is 0 Å². The molecule has 0 aliphatic rings. The van der Waals surface area contributed by atoms with Gasteiger partial charge in [0.25, 0.3) is 5.91 Å². The number of amides is 3. The van der Waals surface area contributed by atoms with E-state index in [1.807, 2.05) is 26.0 Å². The first-order valence-electron chi connectivity index (χ1n) is 6.26. The number of esters is 1. The summed E-state index contributed by atoms with van der Waals surface area (Å²) in [6, 6.07) is 4.87. The number of imide groups is 1. The van der Waals surface area contributed by atoms with E-state index < -0.39 is 24.5 Å². The average Bonchev–Trinajstić information content (AvgIpc) is 2.39. The smallest absolute Gasteiger partial charge is 0.325 e. The maximum atomic E-state index is 11.6. The van der Waals surface area contributed by atoms with E-state index in [1.54, 1.807) is 13.0 Å². The Bertz CT molecular complexity index is 526. The second-order valence-electron chi connectivity index (χ2n) is 4.33. The molecule has 0 aliphatic carbocycles. The maximum Gasteiger partial charge on any atom is 0.325 e. The van der Waals surface area contributed by atoms with Gasteiger partial charge in [-0.25, -0.2) is 4.79 Å². The van der Waals surface area contributed by atoms with Gasteiger partial charge in [-0.3, -0.25) is 14.9 Å². The van der Waals surface area contributed by atoms with Crippen LogP contribution in [0.3, 0.4) is 0 Å². The van der Waals surface area contributed by atoms with Crippen molar-refractivity contribution >= 4 is 23.6 Å². The third kappa shape index (κ3) is 5.09. The highest BCUT2D eigenvalue weighted by molar-refractivity contribution is 6.02. The fourth-order valence-corrected chi connectivity index (χ4v) is 1.52. The minimum absolute atomic E-state index is 0.183. The molecule has 108 valence electrons. The molecule has 0 fully saturated rings. The Labute approximate surface area is 117 Å². The van der Waals surface area contributed by atoms with E-state index in [1.165, 1.54) is 0 Å². The molecule has 6 heteroatoms. The molecule has 3 amide bonds. The number of nitrogens with one attached hydrogen (secondary N) is 2. The van der Waals surface area contributed by atoms with Crippen LogP contribution in [0, 0.1) is 13.8 Å². The lowest BCUT2D eigenvalue weighted by Gasteiger charge is -2.10. The van der Waals surface area contributed by atoms with Crippen molar-refractivity contribution in [1.29, 1.82) is 0 Å². The summed E-state index contributed by atoms with van der Waals surface area (Å²) in [5, 5.41) is 4.64. The zero-order chi connectivity index (χ0) is 15.1. The molecule has 0 bridgehead atoms. The molecule has 1 rings (SSSR count). The molecular formula is C14H18N2O4. The zero-order valence-corrected chi connectivity index (χ0v) is 11.8. The number of aryl methyl sites for hydroxylation is 2. The van der Waals surface area contributed by atoms with E-state index in [0.717, 1.165) is 11.1 Å². The number of benzene rings is 1. The van der Waals surface area contributed by atoms with Gasteiger partial charge in [-0.05, 0) is 25.5 Å². The number of urea groups is 1. The molecule has 1 aromatic rings. The van der Waals surface area contributed by atoms with Crippen LogP contribution in [-0.2, 0) is 14.3 Å². The molecule has 6 nitrogen and oxygen atoms in total. The highest BCUT2D eigenvalue weighted by Gasteiger charge is 2.11. The van der Waals surface area contributed by atoms with Crippen LogP contribution in [0.25, 0.3) is 0 Å². The summed E-state index contributed by atoms with van der Waals surface area (Å²) in [6.07, 6.45) is 0.183. The zero-order valence-electron chi connectivity index (χ0n) is 11.8. The Morgan fingerprint density at radius 3 is 2.50 bits per heavy atom. The standard InChI is InChI=1S/C14H18N2O4/c1-4-13(18)20-8-12(17)16-14(19)15-11-6-5-9(2)7-10(11)3/h5-7H,4,8H2,1-3H3,(H2,15,16,17,19). The molecule has 0 atom stereocenters. The first kappa shape index (κ1) is 15.7. The Kier molecular flexibility index (Phi) is 5.71. The second kappa shape index (κ2) is 7.28. The van der Waals surface area contributed by atoms with Crippen LogP contribution in [-0.4, -0.2) is 24.5 Å². The van der Waals surface area contributed by atoms with Crippen LogP contribution in [0.15, 0.2) is 18.2 Å². The van der Waals surface area contributed by atoms with Crippen molar-refractivity contribution in [2.24, 2.45) is 0 Å². The Balaban J connectivity index is 2.47. The van der Waals surface area contributed by atoms with Crippen molar-refractivity contribution in [1.82, 2.24) is 5.32 Å². The SMILES string of the molecule is CCC(=O)OCC(=O)NC(=O)Nc1ccc(C)cc1C. The number of carbonyl (C=O) groups is 3. The lowest BCUT2D eigenvalue weighted by atomic mass is 10.1. The molecule has 0 spiro atoms. The molecule has 0 aliphatic heterocycles. The first-order chi connectivity index (χ1) is 9.42. The average molecular weight is 278 g/mol. The van der Waals surface area contributed by atoms with Crippen LogP contribution >= 0.6 is 0 Å². The number of hydrogen-bond donors (Lipinski definition) is 2. The van der Waals surface area contributed by atoms with Crippen molar-refractivity contribution < 1.29 is 19.1 Å². The van der Waals surface area contributed by atoms with Gasteiger partial charge in [0.15, 0.2) is 6.61 Å². The normalized spacial score (nSPS) is 9.75. The largest absolute Gasteiger partial charge is 0.456 e. The van der Waals surface area contributed by atoms with Crippen LogP contribution < -0.4 is 10.6 Å². The van der Waals surface area contributed by atoms with E-state index >= 15 is 0 Å². The molecule has 0 heterocycles. The number of ether oxygens (including phenoxy) is 1. The lowest BCUT2D eigenvalue weighted by molar-refractivity contribution is -0.147. The monoisotopic (exact) mass is 278 g/mol. The molecule has 0 saturated heterocycles. The third-order valence-corrected chi connectivity index (χ3v) is 2.54. The van der Waals surface area contributed by atoms with Gasteiger partial charge >= 0.3 is 12.0 Å². The van der Waals surface area contributed by atoms with E-state index in [-0.39, 0.29) is 6.42 Å². The van der Waals surface area contributed by atoms with E-state index in [2.05, 4.69) is 15.4 Å². The fourth-order valence-electron chi connectivity index (χ4n) is 1.52. The third-order valence-electron chi connectivity index (χ3n) is 2.54. The topological polar surface area (TPSA) is 84.5 Å². The number of carbonyl (C=O) groups excluding carboxylic acids is 3. The van der Waals surface area contributed by atoms with Gasteiger partial charge < -0.3 is 10.1 Å². The molecular weight excluding hydrogens is 260 g/mol. The summed E-state index contributed by atoms with van der Waals surface area (Å²) in [6.45, 7) is 4.95. The molecule has 0 unspecified atom stereocenters. The van der Waals surface area contributed by atoms with Gasteiger partial charge in [0, 0.05) is 12.1 Å². The molecule has 0 saturated carbocycles. The van der Waals surface area contributed by atoms with Gasteiger partial charge in [-0.2, -0.15) is 0 Å². The molecule has 1 aromatic carbocycles. The van der Waals surface area contributed by atoms with E-state index in [9.17, 15) is 14.4 Å². The Morgan fingerprint density at radius 2 is 1.90 bits per heavy atom. The minimum atomic E-state index is -0.672. The number of hydrogen-bond acceptors (Lipinski definition) is 4. The molecule has 2 N–H and O–H groups in total. The summed E-state index contributed by atoms with van der Waals surface area (Å²) in [7, 11) is 0. The van der Waals surface area contributed by atoms with Crippen molar-refractivity contribution in [3.05, 3.63) is 29.3 Å². The summed E-state index contributed by atoms with van der Waals surface area (Å²) in [4.78, 5) is 33.8. The lowest BCUT2D eigenvalue weighted by Crippen LogP contribution is -2.37. The van der Waals surface area contributed by atoms with E-state index in [4.69, 9.17) is 0 Å². The fraction of sp³-hybridized carbons (Fsp3) is 0.357. The van der Waals surface area contributed by atoms with Crippen LogP contribution in [0.2, 0.25) is 0 Å². The number of rotatable bonds is 4. The predicted octanol–water partition coefficient (Wildman–Crippen LogP) is 1.90. The Morgan fingerprint density at radius 1 is 1.20 bits per heavy atom. The molecule has 0 aromatic heterocycles. The first-order valence-corrected chi connectivity index (χ1v) is 6.26. The van der Waals surface area contributed by atoms with Gasteiger partial charge in [0.2, 0.25) is 0 Å². The summed E-state index contributed by atoms with van der Waals surface area (Å²) >= 11 is 0. The second-order valence-corrected chi connectivity index (χ2v) is 4.33. The quantitative estimate of drug-likeness (QED) is 0.824. The summed E-state index contributed by atoms with van der Waals surface area (Å²) in [5.74, 6) is -1.16. The summed E-state index contributed by atoms with van der Waals surface area (Å²) < 4.78 is 4.61. The van der Waals surface area contributed by atoms with Crippen LogP contribution in [0.4, 0.5) is 10.5 Å². The van der Waals surface area contributed by atoms with Crippen LogP contribution in [0.5, 0.6) is 0 Å². The highest BCUT2D eigenvalue weighted by Crippen LogP contribution is 2.15.